The lowest BCUT2D eigenvalue weighted by Crippen LogP contribution is -2.47. The lowest BCUT2D eigenvalue weighted by molar-refractivity contribution is -0.138. The van der Waals surface area contributed by atoms with Gasteiger partial charge in [0.25, 0.3) is 0 Å². The second-order valence-electron chi connectivity index (χ2n) is 7.04. The third-order valence-corrected chi connectivity index (χ3v) is 3.83. The SMILES string of the molecule is COC1(CC(=O)NC(CC(=O)O)CC(C)(C)C)CCC1. The molecule has 1 fully saturated rings. The van der Waals surface area contributed by atoms with Crippen molar-refractivity contribution in [3.05, 3.63) is 0 Å². The first kappa shape index (κ1) is 17.0. The number of aliphatic carboxylic acids is 1. The van der Waals surface area contributed by atoms with Crippen molar-refractivity contribution < 1.29 is 19.4 Å². The van der Waals surface area contributed by atoms with Crippen molar-refractivity contribution in [1.82, 2.24) is 5.32 Å². The molecule has 20 heavy (non-hydrogen) atoms. The second-order valence-corrected chi connectivity index (χ2v) is 7.04. The maximum atomic E-state index is 12.1. The van der Waals surface area contributed by atoms with Gasteiger partial charge in [0.2, 0.25) is 5.91 Å². The summed E-state index contributed by atoms with van der Waals surface area (Å²) in [5.41, 5.74) is -0.345. The number of carboxylic acids is 1. The topological polar surface area (TPSA) is 75.6 Å². The van der Waals surface area contributed by atoms with Gasteiger partial charge in [-0.3, -0.25) is 9.59 Å². The Kier molecular flexibility index (Phi) is 5.57. The molecular formula is C15H27NO4. The van der Waals surface area contributed by atoms with Gasteiger partial charge in [-0.05, 0) is 31.1 Å². The molecule has 1 unspecified atom stereocenters. The van der Waals surface area contributed by atoms with Crippen molar-refractivity contribution in [3.63, 3.8) is 0 Å². The van der Waals surface area contributed by atoms with Crippen LogP contribution in [0.5, 0.6) is 0 Å². The van der Waals surface area contributed by atoms with Crippen LogP contribution in [0.3, 0.4) is 0 Å². The first-order valence-electron chi connectivity index (χ1n) is 7.22. The van der Waals surface area contributed by atoms with Crippen LogP contribution in [-0.2, 0) is 14.3 Å². The molecule has 1 aliphatic carbocycles. The molecule has 1 amide bonds. The van der Waals surface area contributed by atoms with Crippen molar-refractivity contribution in [2.24, 2.45) is 5.41 Å². The molecule has 0 aromatic rings. The number of carboxylic acid groups (broad SMARTS) is 1. The van der Waals surface area contributed by atoms with Gasteiger partial charge in [0.15, 0.2) is 0 Å². The van der Waals surface area contributed by atoms with Gasteiger partial charge in [0.05, 0.1) is 18.4 Å². The number of carbonyl (C=O) groups excluding carboxylic acids is 1. The smallest absolute Gasteiger partial charge is 0.305 e. The zero-order valence-corrected chi connectivity index (χ0v) is 13.0. The lowest BCUT2D eigenvalue weighted by Gasteiger charge is -2.40. The fourth-order valence-electron chi connectivity index (χ4n) is 2.72. The first-order chi connectivity index (χ1) is 9.16. The highest BCUT2D eigenvalue weighted by atomic mass is 16.5. The third-order valence-electron chi connectivity index (χ3n) is 3.83. The summed E-state index contributed by atoms with van der Waals surface area (Å²) >= 11 is 0. The van der Waals surface area contributed by atoms with E-state index in [9.17, 15) is 9.59 Å². The molecule has 2 N–H and O–H groups in total. The average Bonchev–Trinajstić information content (AvgIpc) is 2.19. The number of rotatable bonds is 7. The van der Waals surface area contributed by atoms with E-state index in [0.29, 0.717) is 12.8 Å². The lowest BCUT2D eigenvalue weighted by atomic mass is 9.77. The van der Waals surface area contributed by atoms with Gasteiger partial charge in [0.1, 0.15) is 0 Å². The maximum absolute atomic E-state index is 12.1. The minimum absolute atomic E-state index is 0.0250. The Labute approximate surface area is 121 Å². The minimum atomic E-state index is -0.885. The van der Waals surface area contributed by atoms with Crippen LogP contribution in [0.25, 0.3) is 0 Å². The van der Waals surface area contributed by atoms with Crippen LogP contribution in [0.15, 0.2) is 0 Å². The second kappa shape index (κ2) is 6.57. The summed E-state index contributed by atoms with van der Waals surface area (Å²) in [6, 6.07) is -0.325. The van der Waals surface area contributed by atoms with E-state index < -0.39 is 5.97 Å². The Morgan fingerprint density at radius 2 is 1.95 bits per heavy atom. The van der Waals surface area contributed by atoms with Crippen LogP contribution in [0.4, 0.5) is 0 Å². The van der Waals surface area contributed by atoms with Gasteiger partial charge in [0, 0.05) is 13.2 Å². The minimum Gasteiger partial charge on any atom is -0.481 e. The van der Waals surface area contributed by atoms with E-state index in [-0.39, 0.29) is 29.4 Å². The predicted molar refractivity (Wildman–Crippen MR) is 76.5 cm³/mol. The van der Waals surface area contributed by atoms with Crippen molar-refractivity contribution in [2.45, 2.75) is 70.9 Å². The van der Waals surface area contributed by atoms with Gasteiger partial charge in [-0.15, -0.1) is 0 Å². The molecule has 5 heteroatoms. The van der Waals surface area contributed by atoms with E-state index >= 15 is 0 Å². The van der Waals surface area contributed by atoms with Gasteiger partial charge in [-0.25, -0.2) is 0 Å². The molecule has 5 nitrogen and oxygen atoms in total. The largest absolute Gasteiger partial charge is 0.481 e. The van der Waals surface area contributed by atoms with Crippen molar-refractivity contribution in [2.75, 3.05) is 7.11 Å². The van der Waals surface area contributed by atoms with E-state index in [2.05, 4.69) is 5.32 Å². The van der Waals surface area contributed by atoms with Crippen molar-refractivity contribution in [1.29, 1.82) is 0 Å². The molecule has 1 aliphatic rings. The highest BCUT2D eigenvalue weighted by Crippen LogP contribution is 2.38. The highest BCUT2D eigenvalue weighted by Gasteiger charge is 2.39. The Balaban J connectivity index is 2.55. The molecule has 1 atom stereocenters. The molecule has 0 aromatic heterocycles. The Morgan fingerprint density at radius 1 is 1.35 bits per heavy atom. The fraction of sp³-hybridized carbons (Fsp3) is 0.867. The highest BCUT2D eigenvalue weighted by molar-refractivity contribution is 5.78. The number of methoxy groups -OCH3 is 1. The first-order valence-corrected chi connectivity index (χ1v) is 7.22. The fourth-order valence-corrected chi connectivity index (χ4v) is 2.72. The number of nitrogens with one attached hydrogen (secondary N) is 1. The van der Waals surface area contributed by atoms with Crippen LogP contribution < -0.4 is 5.32 Å². The molecule has 0 aromatic carbocycles. The van der Waals surface area contributed by atoms with Crippen LogP contribution in [-0.4, -0.2) is 35.7 Å². The van der Waals surface area contributed by atoms with E-state index in [1.165, 1.54) is 0 Å². The van der Waals surface area contributed by atoms with E-state index in [0.717, 1.165) is 19.3 Å². The van der Waals surface area contributed by atoms with Crippen LogP contribution >= 0.6 is 0 Å². The molecule has 116 valence electrons. The van der Waals surface area contributed by atoms with Crippen molar-refractivity contribution in [3.8, 4) is 0 Å². The summed E-state index contributed by atoms with van der Waals surface area (Å²) < 4.78 is 5.43. The van der Waals surface area contributed by atoms with Crippen LogP contribution in [0.1, 0.15) is 59.3 Å². The molecule has 1 saturated carbocycles. The average molecular weight is 285 g/mol. The predicted octanol–water partition coefficient (Wildman–Crippen LogP) is 2.34. The van der Waals surface area contributed by atoms with E-state index in [1.54, 1.807) is 7.11 Å². The molecule has 0 aliphatic heterocycles. The van der Waals surface area contributed by atoms with Gasteiger partial charge in [-0.1, -0.05) is 20.8 Å². The summed E-state index contributed by atoms with van der Waals surface area (Å²) in [5.74, 6) is -0.994. The molecule has 0 radical (unpaired) electrons. The summed E-state index contributed by atoms with van der Waals surface area (Å²) in [7, 11) is 1.64. The number of amides is 1. The number of ether oxygens (including phenoxy) is 1. The summed E-state index contributed by atoms with van der Waals surface area (Å²) in [6.07, 6.45) is 3.82. The Hall–Kier alpha value is -1.10. The van der Waals surface area contributed by atoms with Gasteiger partial charge < -0.3 is 15.2 Å². The zero-order valence-electron chi connectivity index (χ0n) is 13.0. The molecular weight excluding hydrogens is 258 g/mol. The van der Waals surface area contributed by atoms with Crippen LogP contribution in [0, 0.1) is 5.41 Å². The van der Waals surface area contributed by atoms with Gasteiger partial charge in [-0.2, -0.15) is 0 Å². The van der Waals surface area contributed by atoms with E-state index in [1.807, 2.05) is 20.8 Å². The number of hydrogen-bond donors (Lipinski definition) is 2. The number of carbonyl (C=O) groups is 2. The summed E-state index contributed by atoms with van der Waals surface area (Å²) in [6.45, 7) is 6.11. The molecule has 0 saturated heterocycles. The zero-order chi connectivity index (χ0) is 15.4. The maximum Gasteiger partial charge on any atom is 0.305 e. The molecule has 0 heterocycles. The normalized spacial score (nSPS) is 19.0. The molecule has 0 spiro atoms. The molecule has 0 bridgehead atoms. The Morgan fingerprint density at radius 3 is 2.30 bits per heavy atom. The summed E-state index contributed by atoms with van der Waals surface area (Å²) in [4.78, 5) is 23.0. The monoisotopic (exact) mass is 285 g/mol. The van der Waals surface area contributed by atoms with Crippen LogP contribution in [0.2, 0.25) is 0 Å². The summed E-state index contributed by atoms with van der Waals surface area (Å²) in [5, 5.41) is 11.8. The third kappa shape index (κ3) is 5.49. The van der Waals surface area contributed by atoms with E-state index in [4.69, 9.17) is 9.84 Å². The number of hydrogen-bond acceptors (Lipinski definition) is 3. The van der Waals surface area contributed by atoms with Gasteiger partial charge >= 0.3 is 5.97 Å². The van der Waals surface area contributed by atoms with Crippen molar-refractivity contribution >= 4 is 11.9 Å². The Bertz CT molecular complexity index is 350. The standard InChI is InChI=1S/C15H27NO4/c1-14(2,3)9-11(8-13(18)19)16-12(17)10-15(20-4)6-5-7-15/h11H,5-10H2,1-4H3,(H,16,17)(H,18,19). The quantitative estimate of drug-likeness (QED) is 0.753. The molecule has 1 rings (SSSR count).